The van der Waals surface area contributed by atoms with Gasteiger partial charge in [-0.15, -0.1) is 0 Å². The summed E-state index contributed by atoms with van der Waals surface area (Å²) in [6.45, 7) is 8.90. The monoisotopic (exact) mass is 347 g/mol. The molecular formula is C17H29N7O. The molecule has 0 aliphatic carbocycles. The van der Waals surface area contributed by atoms with Gasteiger partial charge < -0.3 is 20.6 Å². The van der Waals surface area contributed by atoms with E-state index in [1.165, 1.54) is 0 Å². The van der Waals surface area contributed by atoms with Gasteiger partial charge in [-0.05, 0) is 26.7 Å². The van der Waals surface area contributed by atoms with E-state index in [0.717, 1.165) is 30.6 Å². The Bertz CT molecular complexity index is 727. The van der Waals surface area contributed by atoms with Crippen LogP contribution in [0.1, 0.15) is 39.8 Å². The van der Waals surface area contributed by atoms with Crippen molar-refractivity contribution >= 4 is 28.7 Å². The summed E-state index contributed by atoms with van der Waals surface area (Å²) in [5.74, 6) is 1.80. The molecule has 2 aromatic rings. The lowest BCUT2D eigenvalue weighted by atomic mass is 10.1. The molecule has 0 bridgehead atoms. The fourth-order valence-electron chi connectivity index (χ4n) is 2.62. The highest BCUT2D eigenvalue weighted by Gasteiger charge is 2.20. The molecule has 0 unspecified atom stereocenters. The van der Waals surface area contributed by atoms with Crippen LogP contribution in [0.25, 0.3) is 11.0 Å². The van der Waals surface area contributed by atoms with Gasteiger partial charge in [-0.1, -0.05) is 13.8 Å². The van der Waals surface area contributed by atoms with E-state index in [9.17, 15) is 5.11 Å². The summed E-state index contributed by atoms with van der Waals surface area (Å²) in [5, 5.41) is 16.4. The molecule has 25 heavy (non-hydrogen) atoms. The topological polar surface area (TPSA) is 99.1 Å². The van der Waals surface area contributed by atoms with Crippen LogP contribution >= 0.6 is 0 Å². The van der Waals surface area contributed by atoms with Crippen molar-refractivity contribution < 1.29 is 5.11 Å². The van der Waals surface area contributed by atoms with Gasteiger partial charge in [-0.2, -0.15) is 4.98 Å². The summed E-state index contributed by atoms with van der Waals surface area (Å²) in [6, 6.07) is 0. The molecule has 2 aromatic heterocycles. The van der Waals surface area contributed by atoms with E-state index >= 15 is 0 Å². The third-order valence-electron chi connectivity index (χ3n) is 3.67. The van der Waals surface area contributed by atoms with Gasteiger partial charge in [0, 0.05) is 27.2 Å². The number of hydrogen-bond donors (Lipinski definition) is 3. The number of hydrogen-bond acceptors (Lipinski definition) is 8. The van der Waals surface area contributed by atoms with Gasteiger partial charge in [0.15, 0.2) is 5.82 Å². The van der Waals surface area contributed by atoms with Crippen LogP contribution in [0.3, 0.4) is 0 Å². The summed E-state index contributed by atoms with van der Waals surface area (Å²) in [5.41, 5.74) is 1.46. The Morgan fingerprint density at radius 3 is 2.36 bits per heavy atom. The third-order valence-corrected chi connectivity index (χ3v) is 3.67. The molecule has 0 aliphatic heterocycles. The van der Waals surface area contributed by atoms with Crippen molar-refractivity contribution in [3.05, 3.63) is 5.69 Å². The number of rotatable bonds is 8. The highest BCUT2D eigenvalue weighted by Crippen LogP contribution is 2.25. The zero-order valence-electron chi connectivity index (χ0n) is 16.0. The molecule has 0 saturated carbocycles. The van der Waals surface area contributed by atoms with Gasteiger partial charge in [0.05, 0.1) is 11.3 Å². The van der Waals surface area contributed by atoms with Crippen LogP contribution in [-0.4, -0.2) is 57.8 Å². The molecule has 8 heteroatoms. The molecule has 138 valence electrons. The summed E-state index contributed by atoms with van der Waals surface area (Å²) in [6.07, 6.45) is 1.73. The fourth-order valence-corrected chi connectivity index (χ4v) is 2.62. The number of likely N-dealkylation sites (N-methyl/N-ethyl adjacent to an activating group) is 1. The van der Waals surface area contributed by atoms with E-state index < -0.39 is 5.60 Å². The van der Waals surface area contributed by atoms with Gasteiger partial charge in [0.1, 0.15) is 11.0 Å². The molecule has 2 heterocycles. The van der Waals surface area contributed by atoms with Crippen molar-refractivity contribution in [2.75, 3.05) is 42.7 Å². The van der Waals surface area contributed by atoms with Gasteiger partial charge in [0.25, 0.3) is 0 Å². The van der Waals surface area contributed by atoms with Gasteiger partial charge in [-0.3, -0.25) is 0 Å². The average molecular weight is 347 g/mol. The Balaban J connectivity index is 2.55. The highest BCUT2D eigenvalue weighted by atomic mass is 16.3. The Hall–Kier alpha value is -2.22. The molecule has 0 saturated heterocycles. The van der Waals surface area contributed by atoms with E-state index in [-0.39, 0.29) is 0 Å². The molecule has 3 N–H and O–H groups in total. The van der Waals surface area contributed by atoms with Gasteiger partial charge in [-0.25, -0.2) is 15.0 Å². The van der Waals surface area contributed by atoms with Crippen LogP contribution in [-0.2, 0) is 6.42 Å². The van der Waals surface area contributed by atoms with Crippen molar-refractivity contribution in [2.45, 2.75) is 46.1 Å². The minimum Gasteiger partial charge on any atom is -0.389 e. The Kier molecular flexibility index (Phi) is 5.94. The second-order valence-electron chi connectivity index (χ2n) is 6.76. The third kappa shape index (κ3) is 4.66. The average Bonchev–Trinajstić information content (AvgIpc) is 2.56. The van der Waals surface area contributed by atoms with Crippen LogP contribution in [0.5, 0.6) is 0 Å². The van der Waals surface area contributed by atoms with Crippen LogP contribution in [0.4, 0.5) is 17.7 Å². The first-order valence-electron chi connectivity index (χ1n) is 8.72. The van der Waals surface area contributed by atoms with Gasteiger partial charge in [0.2, 0.25) is 11.9 Å². The predicted molar refractivity (Wildman–Crippen MR) is 102 cm³/mol. The van der Waals surface area contributed by atoms with E-state index in [1.807, 2.05) is 25.9 Å². The number of anilines is 3. The fraction of sp³-hybridized carbons (Fsp3) is 0.647. The molecule has 0 aromatic carbocycles. The van der Waals surface area contributed by atoms with E-state index in [4.69, 9.17) is 0 Å². The predicted octanol–water partition coefficient (Wildman–Crippen LogP) is 2.05. The number of aryl methyl sites for hydroxylation is 1. The molecule has 0 amide bonds. The van der Waals surface area contributed by atoms with Crippen LogP contribution < -0.4 is 15.5 Å². The van der Waals surface area contributed by atoms with Crippen molar-refractivity contribution in [3.8, 4) is 0 Å². The maximum Gasteiger partial charge on any atom is 0.226 e. The van der Waals surface area contributed by atoms with Crippen LogP contribution in [0, 0.1) is 0 Å². The molecular weight excluding hydrogens is 318 g/mol. The van der Waals surface area contributed by atoms with E-state index in [0.29, 0.717) is 29.8 Å². The standard InChI is InChI=1S/C17H29N7O/c1-7-9-19-15-21-12-11(8-2)20-16(24(6)10-17(3,4)25)22-13(12)14(18-5)23-15/h25H,7-10H2,1-6H3,(H2,18,19,21,23). The highest BCUT2D eigenvalue weighted by molar-refractivity contribution is 5.88. The molecule has 2 rings (SSSR count). The second kappa shape index (κ2) is 7.77. The summed E-state index contributed by atoms with van der Waals surface area (Å²) in [7, 11) is 3.69. The first-order valence-corrected chi connectivity index (χ1v) is 8.72. The molecule has 0 spiro atoms. The summed E-state index contributed by atoms with van der Waals surface area (Å²) >= 11 is 0. The normalized spacial score (nSPS) is 11.6. The van der Waals surface area contributed by atoms with Crippen LogP contribution in [0.15, 0.2) is 0 Å². The molecule has 8 nitrogen and oxygen atoms in total. The quantitative estimate of drug-likeness (QED) is 0.667. The zero-order valence-corrected chi connectivity index (χ0v) is 16.0. The maximum absolute atomic E-state index is 10.1. The van der Waals surface area contributed by atoms with E-state index in [2.05, 4.69) is 37.5 Å². The van der Waals surface area contributed by atoms with Gasteiger partial charge >= 0.3 is 0 Å². The number of aromatic nitrogens is 4. The maximum atomic E-state index is 10.1. The number of nitrogens with one attached hydrogen (secondary N) is 2. The Labute approximate surface area is 149 Å². The van der Waals surface area contributed by atoms with E-state index in [1.54, 1.807) is 13.8 Å². The lowest BCUT2D eigenvalue weighted by Crippen LogP contribution is -2.37. The van der Waals surface area contributed by atoms with Crippen molar-refractivity contribution in [3.63, 3.8) is 0 Å². The largest absolute Gasteiger partial charge is 0.389 e. The SMILES string of the molecule is CCCNc1nc(NC)c2nc(N(C)CC(C)(C)O)nc(CC)c2n1. The minimum atomic E-state index is -0.838. The summed E-state index contributed by atoms with van der Waals surface area (Å²) in [4.78, 5) is 20.3. The Morgan fingerprint density at radius 1 is 1.08 bits per heavy atom. The number of fused-ring (bicyclic) bond motifs is 1. The van der Waals surface area contributed by atoms with Crippen LogP contribution in [0.2, 0.25) is 0 Å². The smallest absolute Gasteiger partial charge is 0.226 e. The molecule has 0 radical (unpaired) electrons. The van der Waals surface area contributed by atoms with Crippen molar-refractivity contribution in [1.82, 2.24) is 19.9 Å². The zero-order chi connectivity index (χ0) is 18.6. The number of aliphatic hydroxyl groups is 1. The molecule has 0 fully saturated rings. The minimum absolute atomic E-state index is 0.424. The lowest BCUT2D eigenvalue weighted by molar-refractivity contribution is 0.0883. The lowest BCUT2D eigenvalue weighted by Gasteiger charge is -2.26. The first kappa shape index (κ1) is 19.1. The summed E-state index contributed by atoms with van der Waals surface area (Å²) < 4.78 is 0. The number of nitrogens with zero attached hydrogens (tertiary/aromatic N) is 5. The molecule has 0 atom stereocenters. The Morgan fingerprint density at radius 2 is 1.80 bits per heavy atom. The first-order chi connectivity index (χ1) is 11.8. The molecule has 0 aliphatic rings. The van der Waals surface area contributed by atoms with Crippen molar-refractivity contribution in [1.29, 1.82) is 0 Å². The van der Waals surface area contributed by atoms with Crippen molar-refractivity contribution in [2.24, 2.45) is 0 Å². The second-order valence-corrected chi connectivity index (χ2v) is 6.76.